The van der Waals surface area contributed by atoms with Crippen molar-refractivity contribution < 1.29 is 9.59 Å². The number of rotatable bonds is 4. The molecule has 0 saturated carbocycles. The molecule has 0 aliphatic heterocycles. The largest absolute Gasteiger partial charge is 0.343 e. The smallest absolute Gasteiger partial charge is 0.251 e. The lowest BCUT2D eigenvalue weighted by molar-refractivity contribution is -0.115. The van der Waals surface area contributed by atoms with Gasteiger partial charge in [0.25, 0.3) is 5.91 Å². The number of amides is 2. The van der Waals surface area contributed by atoms with Gasteiger partial charge in [0.15, 0.2) is 0 Å². The minimum absolute atomic E-state index is 0.0915. The molecule has 1 heterocycles. The first-order chi connectivity index (χ1) is 9.15. The molecule has 2 aromatic rings. The molecule has 0 aliphatic rings. The van der Waals surface area contributed by atoms with Crippen molar-refractivity contribution in [1.82, 2.24) is 15.5 Å². The number of aromatic amines is 1. The van der Waals surface area contributed by atoms with Crippen molar-refractivity contribution in [3.63, 3.8) is 0 Å². The van der Waals surface area contributed by atoms with E-state index in [1.165, 1.54) is 6.20 Å². The van der Waals surface area contributed by atoms with Crippen LogP contribution in [-0.4, -0.2) is 28.6 Å². The second-order valence-corrected chi connectivity index (χ2v) is 4.07. The second-order valence-electron chi connectivity index (χ2n) is 4.07. The minimum atomic E-state index is -0.315. The molecule has 1 aromatic carbocycles. The molecule has 2 rings (SSSR count). The Morgan fingerprint density at radius 3 is 2.58 bits per heavy atom. The van der Waals surface area contributed by atoms with Crippen molar-refractivity contribution >= 4 is 17.6 Å². The van der Waals surface area contributed by atoms with Crippen LogP contribution in [0.5, 0.6) is 0 Å². The molecule has 1 aromatic heterocycles. The van der Waals surface area contributed by atoms with Crippen molar-refractivity contribution in [2.45, 2.75) is 6.92 Å². The highest BCUT2D eigenvalue weighted by atomic mass is 16.2. The van der Waals surface area contributed by atoms with E-state index >= 15 is 0 Å². The third-order valence-electron chi connectivity index (χ3n) is 2.50. The minimum Gasteiger partial charge on any atom is -0.343 e. The maximum absolute atomic E-state index is 11.8. The fourth-order valence-corrected chi connectivity index (χ4v) is 1.49. The topological polar surface area (TPSA) is 86.9 Å². The van der Waals surface area contributed by atoms with Gasteiger partial charge in [0.05, 0.1) is 12.7 Å². The van der Waals surface area contributed by atoms with Crippen LogP contribution in [0.2, 0.25) is 0 Å². The Morgan fingerprint density at radius 2 is 1.95 bits per heavy atom. The summed E-state index contributed by atoms with van der Waals surface area (Å²) in [4.78, 5) is 23.3. The van der Waals surface area contributed by atoms with E-state index in [2.05, 4.69) is 20.8 Å². The van der Waals surface area contributed by atoms with Gasteiger partial charge in [0, 0.05) is 11.6 Å². The number of nitrogens with zero attached hydrogens (tertiary/aromatic N) is 1. The average molecular weight is 258 g/mol. The van der Waals surface area contributed by atoms with Crippen LogP contribution in [0, 0.1) is 6.92 Å². The number of hydrogen-bond acceptors (Lipinski definition) is 3. The van der Waals surface area contributed by atoms with E-state index in [4.69, 9.17) is 0 Å². The molecule has 0 radical (unpaired) electrons. The van der Waals surface area contributed by atoms with Crippen molar-refractivity contribution in [2.75, 3.05) is 11.9 Å². The predicted molar refractivity (Wildman–Crippen MR) is 70.7 cm³/mol. The lowest BCUT2D eigenvalue weighted by Gasteiger charge is -2.05. The van der Waals surface area contributed by atoms with E-state index in [9.17, 15) is 9.59 Å². The molecule has 0 aliphatic carbocycles. The maximum atomic E-state index is 11.8. The number of benzene rings is 1. The molecule has 0 atom stereocenters. The average Bonchev–Trinajstić information content (AvgIpc) is 2.89. The summed E-state index contributed by atoms with van der Waals surface area (Å²) in [7, 11) is 0. The molecule has 6 heteroatoms. The van der Waals surface area contributed by atoms with Gasteiger partial charge in [-0.1, -0.05) is 17.7 Å². The van der Waals surface area contributed by atoms with Crippen LogP contribution in [0.1, 0.15) is 15.9 Å². The molecule has 3 N–H and O–H groups in total. The Balaban J connectivity index is 1.83. The third-order valence-corrected chi connectivity index (χ3v) is 2.50. The van der Waals surface area contributed by atoms with Gasteiger partial charge in [-0.2, -0.15) is 5.10 Å². The van der Waals surface area contributed by atoms with E-state index in [-0.39, 0.29) is 18.4 Å². The summed E-state index contributed by atoms with van der Waals surface area (Å²) >= 11 is 0. The van der Waals surface area contributed by atoms with Gasteiger partial charge < -0.3 is 10.6 Å². The first kappa shape index (κ1) is 12.8. The van der Waals surface area contributed by atoms with Gasteiger partial charge in [0.2, 0.25) is 5.91 Å². The number of anilines is 1. The number of H-pyrrole nitrogens is 1. The summed E-state index contributed by atoms with van der Waals surface area (Å²) in [5, 5.41) is 11.4. The molecular weight excluding hydrogens is 244 g/mol. The molecule has 2 amide bonds. The Labute approximate surface area is 110 Å². The highest BCUT2D eigenvalue weighted by molar-refractivity contribution is 5.98. The Hall–Kier alpha value is -2.63. The molecule has 98 valence electrons. The zero-order valence-corrected chi connectivity index (χ0v) is 10.4. The van der Waals surface area contributed by atoms with E-state index in [1.54, 1.807) is 18.2 Å². The zero-order chi connectivity index (χ0) is 13.7. The first-order valence-electron chi connectivity index (χ1n) is 5.79. The zero-order valence-electron chi connectivity index (χ0n) is 10.4. The van der Waals surface area contributed by atoms with Gasteiger partial charge >= 0.3 is 0 Å². The second kappa shape index (κ2) is 5.81. The Bertz CT molecular complexity index is 561. The van der Waals surface area contributed by atoms with Crippen LogP contribution in [-0.2, 0) is 4.79 Å². The Kier molecular flexibility index (Phi) is 3.92. The van der Waals surface area contributed by atoms with E-state index in [1.807, 2.05) is 19.1 Å². The fourth-order valence-electron chi connectivity index (χ4n) is 1.49. The molecule has 0 saturated heterocycles. The van der Waals surface area contributed by atoms with Crippen LogP contribution >= 0.6 is 0 Å². The summed E-state index contributed by atoms with van der Waals surface area (Å²) in [5.74, 6) is -0.0981. The van der Waals surface area contributed by atoms with Crippen molar-refractivity contribution in [3.8, 4) is 0 Å². The van der Waals surface area contributed by atoms with Crippen LogP contribution in [0.3, 0.4) is 0 Å². The third kappa shape index (κ3) is 3.67. The monoisotopic (exact) mass is 258 g/mol. The summed E-state index contributed by atoms with van der Waals surface area (Å²) in [6, 6.07) is 8.76. The summed E-state index contributed by atoms with van der Waals surface area (Å²) < 4.78 is 0. The van der Waals surface area contributed by atoms with Crippen LogP contribution in [0.25, 0.3) is 0 Å². The molecule has 0 fully saturated rings. The number of hydrogen-bond donors (Lipinski definition) is 3. The lowest BCUT2D eigenvalue weighted by atomic mass is 10.1. The van der Waals surface area contributed by atoms with Crippen molar-refractivity contribution in [2.24, 2.45) is 0 Å². The van der Waals surface area contributed by atoms with Crippen LogP contribution in [0.4, 0.5) is 5.82 Å². The highest BCUT2D eigenvalue weighted by Gasteiger charge is 2.08. The molecule has 6 nitrogen and oxygen atoms in total. The number of aromatic nitrogens is 2. The lowest BCUT2D eigenvalue weighted by Crippen LogP contribution is -2.32. The van der Waals surface area contributed by atoms with Crippen LogP contribution < -0.4 is 10.6 Å². The van der Waals surface area contributed by atoms with Gasteiger partial charge in [-0.3, -0.25) is 14.7 Å². The van der Waals surface area contributed by atoms with Crippen molar-refractivity contribution in [1.29, 1.82) is 0 Å². The number of aryl methyl sites for hydroxylation is 1. The SMILES string of the molecule is Cc1ccc(C(=O)NCC(=O)Nc2ccn[nH]2)cc1. The fraction of sp³-hybridized carbons (Fsp3) is 0.154. The number of carbonyl (C=O) groups is 2. The van der Waals surface area contributed by atoms with Crippen LogP contribution in [0.15, 0.2) is 36.5 Å². The summed E-state index contributed by atoms with van der Waals surface area (Å²) in [5.41, 5.74) is 1.61. The number of nitrogens with one attached hydrogen (secondary N) is 3. The van der Waals surface area contributed by atoms with Gasteiger partial charge in [0.1, 0.15) is 5.82 Å². The normalized spacial score (nSPS) is 9.95. The van der Waals surface area contributed by atoms with Gasteiger partial charge in [-0.15, -0.1) is 0 Å². The molecular formula is C13H14N4O2. The molecule has 0 spiro atoms. The summed E-state index contributed by atoms with van der Waals surface area (Å²) in [6.07, 6.45) is 1.53. The maximum Gasteiger partial charge on any atom is 0.251 e. The molecule has 0 unspecified atom stereocenters. The molecule has 0 bridgehead atoms. The molecule has 19 heavy (non-hydrogen) atoms. The van der Waals surface area contributed by atoms with Crippen molar-refractivity contribution in [3.05, 3.63) is 47.7 Å². The predicted octanol–water partition coefficient (Wildman–Crippen LogP) is 1.09. The first-order valence-corrected chi connectivity index (χ1v) is 5.79. The quantitative estimate of drug-likeness (QED) is 0.767. The van der Waals surface area contributed by atoms with E-state index < -0.39 is 0 Å². The van der Waals surface area contributed by atoms with E-state index in [0.717, 1.165) is 5.56 Å². The number of carbonyl (C=O) groups excluding carboxylic acids is 2. The standard InChI is InChI=1S/C13H14N4O2/c1-9-2-4-10(5-3-9)13(19)14-8-12(18)16-11-6-7-15-17-11/h2-7H,8H2,1H3,(H,14,19)(H2,15,16,17,18). The Morgan fingerprint density at radius 1 is 1.21 bits per heavy atom. The van der Waals surface area contributed by atoms with E-state index in [0.29, 0.717) is 11.4 Å². The summed E-state index contributed by atoms with van der Waals surface area (Å²) in [6.45, 7) is 1.85. The highest BCUT2D eigenvalue weighted by Crippen LogP contribution is 2.02. The van der Waals surface area contributed by atoms with Gasteiger partial charge in [-0.05, 0) is 19.1 Å². The van der Waals surface area contributed by atoms with Gasteiger partial charge in [-0.25, -0.2) is 0 Å².